The molecule has 0 saturated heterocycles. The SMILES string of the molecule is COc1cc(C2=N/C(=C/c3cc(Br)ccc3O)C(=O)O2)cc(OC)c1OC. The number of rotatable bonds is 5. The number of phenols is 1. The maximum Gasteiger partial charge on any atom is 0.363 e. The lowest BCUT2D eigenvalue weighted by Crippen LogP contribution is -2.06. The summed E-state index contributed by atoms with van der Waals surface area (Å²) in [5.41, 5.74) is 0.984. The predicted octanol–water partition coefficient (Wildman–Crippen LogP) is 3.53. The van der Waals surface area contributed by atoms with E-state index in [9.17, 15) is 9.90 Å². The first-order chi connectivity index (χ1) is 13.0. The molecule has 2 aromatic carbocycles. The Bertz CT molecular complexity index is 942. The van der Waals surface area contributed by atoms with Gasteiger partial charge in [0.2, 0.25) is 11.6 Å². The molecule has 0 aromatic heterocycles. The zero-order chi connectivity index (χ0) is 19.6. The normalized spacial score (nSPS) is 14.7. The monoisotopic (exact) mass is 433 g/mol. The number of hydrogen-bond donors (Lipinski definition) is 1. The zero-order valence-corrected chi connectivity index (χ0v) is 16.4. The number of aromatic hydroxyl groups is 1. The van der Waals surface area contributed by atoms with Crippen LogP contribution in [0.1, 0.15) is 11.1 Å². The maximum absolute atomic E-state index is 12.2. The summed E-state index contributed by atoms with van der Waals surface area (Å²) >= 11 is 3.32. The van der Waals surface area contributed by atoms with E-state index in [-0.39, 0.29) is 17.3 Å². The second-order valence-electron chi connectivity index (χ2n) is 5.45. The highest BCUT2D eigenvalue weighted by Crippen LogP contribution is 2.39. The van der Waals surface area contributed by atoms with Crippen molar-refractivity contribution in [1.29, 1.82) is 0 Å². The van der Waals surface area contributed by atoms with Gasteiger partial charge in [0.15, 0.2) is 17.2 Å². The summed E-state index contributed by atoms with van der Waals surface area (Å²) in [6.07, 6.45) is 1.45. The van der Waals surface area contributed by atoms with Crippen LogP contribution in [-0.2, 0) is 9.53 Å². The smallest absolute Gasteiger partial charge is 0.363 e. The molecule has 0 atom stereocenters. The van der Waals surface area contributed by atoms with Crippen LogP contribution in [0.15, 0.2) is 45.5 Å². The first-order valence-electron chi connectivity index (χ1n) is 7.78. The van der Waals surface area contributed by atoms with E-state index in [0.717, 1.165) is 4.47 Å². The Labute approximate surface area is 164 Å². The highest BCUT2D eigenvalue weighted by Gasteiger charge is 2.26. The van der Waals surface area contributed by atoms with Crippen molar-refractivity contribution in [2.24, 2.45) is 4.99 Å². The number of carbonyl (C=O) groups is 1. The van der Waals surface area contributed by atoms with Crippen molar-refractivity contribution in [2.75, 3.05) is 21.3 Å². The van der Waals surface area contributed by atoms with Gasteiger partial charge in [-0.25, -0.2) is 9.79 Å². The molecule has 140 valence electrons. The number of cyclic esters (lactones) is 1. The molecule has 7 nitrogen and oxygen atoms in total. The molecule has 8 heteroatoms. The van der Waals surface area contributed by atoms with Gasteiger partial charge in [-0.1, -0.05) is 15.9 Å². The molecule has 0 amide bonds. The Morgan fingerprint density at radius 3 is 2.33 bits per heavy atom. The molecule has 0 bridgehead atoms. The van der Waals surface area contributed by atoms with Crippen LogP contribution in [0.3, 0.4) is 0 Å². The number of ether oxygens (including phenoxy) is 4. The van der Waals surface area contributed by atoms with Gasteiger partial charge in [-0.05, 0) is 36.4 Å². The van der Waals surface area contributed by atoms with Gasteiger partial charge in [-0.3, -0.25) is 0 Å². The molecule has 1 heterocycles. The first-order valence-corrected chi connectivity index (χ1v) is 8.57. The van der Waals surface area contributed by atoms with Gasteiger partial charge in [0, 0.05) is 15.6 Å². The Hall–Kier alpha value is -3.00. The fraction of sp³-hybridized carbons (Fsp3) is 0.158. The summed E-state index contributed by atoms with van der Waals surface area (Å²) in [5, 5.41) is 9.95. The number of halogens is 1. The van der Waals surface area contributed by atoms with Crippen LogP contribution >= 0.6 is 15.9 Å². The second-order valence-corrected chi connectivity index (χ2v) is 6.37. The summed E-state index contributed by atoms with van der Waals surface area (Å²) in [4.78, 5) is 16.4. The number of nitrogens with zero attached hydrogens (tertiary/aromatic N) is 1. The van der Waals surface area contributed by atoms with Crippen molar-refractivity contribution in [3.8, 4) is 23.0 Å². The lowest BCUT2D eigenvalue weighted by Gasteiger charge is -2.13. The quantitative estimate of drug-likeness (QED) is 0.573. The number of benzene rings is 2. The number of aliphatic imine (C=N–C) groups is 1. The van der Waals surface area contributed by atoms with E-state index in [0.29, 0.717) is 28.4 Å². The Morgan fingerprint density at radius 2 is 1.74 bits per heavy atom. The molecule has 1 N–H and O–H groups in total. The van der Waals surface area contributed by atoms with Crippen molar-refractivity contribution in [3.63, 3.8) is 0 Å². The van der Waals surface area contributed by atoms with Crippen LogP contribution in [0.25, 0.3) is 6.08 Å². The van der Waals surface area contributed by atoms with E-state index in [2.05, 4.69) is 20.9 Å². The highest BCUT2D eigenvalue weighted by molar-refractivity contribution is 9.10. The van der Waals surface area contributed by atoms with Crippen LogP contribution in [0.2, 0.25) is 0 Å². The molecular weight excluding hydrogens is 418 g/mol. The highest BCUT2D eigenvalue weighted by atomic mass is 79.9. The maximum atomic E-state index is 12.2. The third-order valence-electron chi connectivity index (χ3n) is 3.81. The molecule has 0 unspecified atom stereocenters. The molecule has 1 aliphatic heterocycles. The van der Waals surface area contributed by atoms with Gasteiger partial charge in [0.05, 0.1) is 21.3 Å². The Morgan fingerprint density at radius 1 is 1.07 bits per heavy atom. The summed E-state index contributed by atoms with van der Waals surface area (Å²) in [6, 6.07) is 8.14. The number of carbonyl (C=O) groups excluding carboxylic acids is 1. The average molecular weight is 434 g/mol. The minimum Gasteiger partial charge on any atom is -0.507 e. The van der Waals surface area contributed by atoms with Crippen LogP contribution in [0.5, 0.6) is 23.0 Å². The Balaban J connectivity index is 2.04. The van der Waals surface area contributed by atoms with E-state index in [4.69, 9.17) is 18.9 Å². The van der Waals surface area contributed by atoms with E-state index >= 15 is 0 Å². The van der Waals surface area contributed by atoms with Gasteiger partial charge < -0.3 is 24.1 Å². The fourth-order valence-electron chi connectivity index (χ4n) is 2.53. The van der Waals surface area contributed by atoms with E-state index < -0.39 is 5.97 Å². The number of esters is 1. The third-order valence-corrected chi connectivity index (χ3v) is 4.31. The van der Waals surface area contributed by atoms with Crippen molar-refractivity contribution >= 4 is 33.9 Å². The van der Waals surface area contributed by atoms with Crippen molar-refractivity contribution < 1.29 is 28.8 Å². The zero-order valence-electron chi connectivity index (χ0n) is 14.8. The molecule has 0 saturated carbocycles. The topological polar surface area (TPSA) is 86.6 Å². The number of phenolic OH excluding ortho intramolecular Hbond substituents is 1. The van der Waals surface area contributed by atoms with Gasteiger partial charge in [0.1, 0.15) is 5.75 Å². The van der Waals surface area contributed by atoms with Crippen molar-refractivity contribution in [1.82, 2.24) is 0 Å². The average Bonchev–Trinajstić information content (AvgIpc) is 3.03. The van der Waals surface area contributed by atoms with Gasteiger partial charge >= 0.3 is 5.97 Å². The molecule has 0 aliphatic carbocycles. The standard InChI is InChI=1S/C19H16BrNO6/c1-24-15-8-11(9-16(25-2)17(15)26-3)18-21-13(19(23)27-18)7-10-6-12(20)4-5-14(10)22/h4-9,22H,1-3H3/b13-7+. The molecule has 27 heavy (non-hydrogen) atoms. The van der Waals surface area contributed by atoms with E-state index in [1.54, 1.807) is 24.3 Å². The minimum atomic E-state index is -0.627. The Kier molecular flexibility index (Phi) is 5.36. The van der Waals surface area contributed by atoms with Gasteiger partial charge in [-0.2, -0.15) is 0 Å². The summed E-state index contributed by atoms with van der Waals surface area (Å²) in [7, 11) is 4.48. The molecule has 1 aliphatic rings. The molecule has 0 spiro atoms. The molecule has 2 aromatic rings. The van der Waals surface area contributed by atoms with Crippen LogP contribution in [-0.4, -0.2) is 38.3 Å². The lowest BCUT2D eigenvalue weighted by molar-refractivity contribution is -0.129. The van der Waals surface area contributed by atoms with E-state index in [1.165, 1.54) is 33.5 Å². The summed E-state index contributed by atoms with van der Waals surface area (Å²) in [6.45, 7) is 0. The second kappa shape index (κ2) is 7.71. The van der Waals surface area contributed by atoms with Gasteiger partial charge in [0.25, 0.3) is 0 Å². The minimum absolute atomic E-state index is 0.0231. The fourth-order valence-corrected chi connectivity index (χ4v) is 2.90. The van der Waals surface area contributed by atoms with Crippen molar-refractivity contribution in [3.05, 3.63) is 51.6 Å². The van der Waals surface area contributed by atoms with Crippen LogP contribution in [0.4, 0.5) is 0 Å². The number of methoxy groups -OCH3 is 3. The molecule has 3 rings (SSSR count). The predicted molar refractivity (Wildman–Crippen MR) is 103 cm³/mol. The molecule has 0 fully saturated rings. The van der Waals surface area contributed by atoms with Crippen LogP contribution in [0, 0.1) is 0 Å². The summed E-state index contributed by atoms with van der Waals surface area (Å²) in [5.74, 6) is 0.733. The van der Waals surface area contributed by atoms with Crippen LogP contribution < -0.4 is 14.2 Å². The number of hydrogen-bond acceptors (Lipinski definition) is 7. The summed E-state index contributed by atoms with van der Waals surface area (Å²) < 4.78 is 21.9. The van der Waals surface area contributed by atoms with E-state index in [1.807, 2.05) is 0 Å². The first kappa shape index (κ1) is 18.8. The van der Waals surface area contributed by atoms with Crippen molar-refractivity contribution in [2.45, 2.75) is 0 Å². The third kappa shape index (κ3) is 3.75. The molecular formula is C19H16BrNO6. The lowest BCUT2D eigenvalue weighted by atomic mass is 10.1. The van der Waals surface area contributed by atoms with Gasteiger partial charge in [-0.15, -0.1) is 0 Å². The molecule has 0 radical (unpaired) electrons. The largest absolute Gasteiger partial charge is 0.507 e.